The Hall–Kier alpha value is -6.44. The van der Waals surface area contributed by atoms with E-state index in [1.54, 1.807) is 0 Å². The van der Waals surface area contributed by atoms with Crippen LogP contribution in [0.5, 0.6) is 0 Å². The zero-order valence-corrected chi connectivity index (χ0v) is 38.7. The van der Waals surface area contributed by atoms with Crippen molar-refractivity contribution < 1.29 is 0 Å². The lowest BCUT2D eigenvalue weighted by Gasteiger charge is -2.31. The molecule has 1 heteroatoms. The molecular formula is C62H59N. The van der Waals surface area contributed by atoms with Gasteiger partial charge in [-0.15, -0.1) is 0 Å². The number of hydrogen-bond acceptors (Lipinski definition) is 1. The van der Waals surface area contributed by atoms with Crippen LogP contribution in [-0.2, 0) is 21.7 Å². The van der Waals surface area contributed by atoms with Crippen molar-refractivity contribution >= 4 is 17.1 Å². The molecule has 10 rings (SSSR count). The Labute approximate surface area is 376 Å². The molecule has 8 aromatic carbocycles. The van der Waals surface area contributed by atoms with E-state index in [1.165, 1.54) is 94.7 Å². The van der Waals surface area contributed by atoms with Crippen LogP contribution in [0.25, 0.3) is 55.6 Å². The third-order valence-electron chi connectivity index (χ3n) is 14.2. The first-order valence-electron chi connectivity index (χ1n) is 22.8. The summed E-state index contributed by atoms with van der Waals surface area (Å²) in [7, 11) is 0. The van der Waals surface area contributed by atoms with Gasteiger partial charge in [-0.2, -0.15) is 0 Å². The van der Waals surface area contributed by atoms with Crippen LogP contribution in [0.3, 0.4) is 0 Å². The molecule has 0 fully saturated rings. The smallest absolute Gasteiger partial charge is 0.0467 e. The van der Waals surface area contributed by atoms with E-state index >= 15 is 0 Å². The fourth-order valence-electron chi connectivity index (χ4n) is 10.6. The van der Waals surface area contributed by atoms with Crippen LogP contribution in [0.2, 0.25) is 0 Å². The van der Waals surface area contributed by atoms with Gasteiger partial charge in [0, 0.05) is 27.9 Å². The first-order chi connectivity index (χ1) is 30.0. The minimum Gasteiger partial charge on any atom is -0.310 e. The molecule has 0 amide bonds. The van der Waals surface area contributed by atoms with Gasteiger partial charge in [0.05, 0.1) is 0 Å². The summed E-state index contributed by atoms with van der Waals surface area (Å²) in [6, 6.07) is 66.4. The molecule has 2 aliphatic carbocycles. The average molecular weight is 818 g/mol. The Morgan fingerprint density at radius 3 is 1.32 bits per heavy atom. The Morgan fingerprint density at radius 2 is 0.746 bits per heavy atom. The molecular weight excluding hydrogens is 759 g/mol. The molecule has 8 aromatic rings. The van der Waals surface area contributed by atoms with Gasteiger partial charge in [0.2, 0.25) is 0 Å². The summed E-state index contributed by atoms with van der Waals surface area (Å²) in [6.07, 6.45) is 0. The maximum atomic E-state index is 2.45. The van der Waals surface area contributed by atoms with E-state index in [2.05, 4.69) is 250 Å². The summed E-state index contributed by atoms with van der Waals surface area (Å²) in [6.45, 7) is 23.4. The van der Waals surface area contributed by atoms with Gasteiger partial charge in [-0.05, 0) is 142 Å². The molecule has 0 atom stereocenters. The third-order valence-corrected chi connectivity index (χ3v) is 14.2. The second-order valence-electron chi connectivity index (χ2n) is 21.1. The minimum atomic E-state index is -0.105. The molecule has 2 aliphatic rings. The standard InChI is InChI=1S/C62H59N/c1-59(2,3)43-37-44(60(4,5)6)39-47(38-43)63(45-31-26-40(27-32-45)42-30-35-52-50-20-13-15-24-55(50)61(7,8)57(52)36-42)46-33-28-41(29-34-46)48-18-11-12-19-49(48)53-22-17-23-54-51-21-14-16-25-56(51)62(9,10)58(53)54/h11-39H,1-10H3. The van der Waals surface area contributed by atoms with Gasteiger partial charge in [-0.25, -0.2) is 0 Å². The number of fused-ring (bicyclic) bond motifs is 6. The normalized spacial score (nSPS) is 14.4. The SMILES string of the molecule is CC(C)(C)c1cc(N(c2ccc(-c3ccc4c(c3)C(C)(C)c3ccccc3-4)cc2)c2ccc(-c3ccccc3-c3cccc4c3C(C)(C)c3ccccc3-4)cc2)cc(C(C)(C)C)c1. The largest absolute Gasteiger partial charge is 0.310 e. The minimum absolute atomic E-state index is 0.0202. The molecule has 0 saturated heterocycles. The second kappa shape index (κ2) is 14.6. The Kier molecular flexibility index (Phi) is 9.39. The Bertz CT molecular complexity index is 3020. The predicted octanol–water partition coefficient (Wildman–Crippen LogP) is 17.4. The highest BCUT2D eigenvalue weighted by molar-refractivity contribution is 5.93. The van der Waals surface area contributed by atoms with E-state index in [9.17, 15) is 0 Å². The van der Waals surface area contributed by atoms with Crippen LogP contribution < -0.4 is 4.90 Å². The summed E-state index contributed by atoms with van der Waals surface area (Å²) in [5, 5.41) is 0. The van der Waals surface area contributed by atoms with Crippen molar-refractivity contribution in [3.05, 3.63) is 209 Å². The lowest BCUT2D eigenvalue weighted by Crippen LogP contribution is -2.19. The topological polar surface area (TPSA) is 3.24 Å². The van der Waals surface area contributed by atoms with Crippen molar-refractivity contribution in [1.82, 2.24) is 0 Å². The highest BCUT2D eigenvalue weighted by Crippen LogP contribution is 2.54. The number of benzene rings is 8. The van der Waals surface area contributed by atoms with Crippen LogP contribution in [0.1, 0.15) is 103 Å². The Balaban J connectivity index is 1.07. The van der Waals surface area contributed by atoms with E-state index in [1.807, 2.05) is 0 Å². The van der Waals surface area contributed by atoms with Crippen LogP contribution in [0.4, 0.5) is 17.1 Å². The lowest BCUT2D eigenvalue weighted by atomic mass is 9.78. The molecule has 63 heavy (non-hydrogen) atoms. The maximum absolute atomic E-state index is 2.45. The van der Waals surface area contributed by atoms with E-state index in [4.69, 9.17) is 0 Å². The number of anilines is 3. The van der Waals surface area contributed by atoms with Gasteiger partial charge >= 0.3 is 0 Å². The van der Waals surface area contributed by atoms with Gasteiger partial charge in [-0.1, -0.05) is 203 Å². The number of rotatable bonds is 6. The first-order valence-corrected chi connectivity index (χ1v) is 22.8. The van der Waals surface area contributed by atoms with Crippen LogP contribution in [0, 0.1) is 0 Å². The van der Waals surface area contributed by atoms with Crippen molar-refractivity contribution in [3.63, 3.8) is 0 Å². The fourth-order valence-corrected chi connectivity index (χ4v) is 10.6. The Morgan fingerprint density at radius 1 is 0.317 bits per heavy atom. The predicted molar refractivity (Wildman–Crippen MR) is 270 cm³/mol. The summed E-state index contributed by atoms with van der Waals surface area (Å²) in [4.78, 5) is 2.45. The van der Waals surface area contributed by atoms with E-state index in [0.717, 1.165) is 11.4 Å². The van der Waals surface area contributed by atoms with Gasteiger partial charge < -0.3 is 4.90 Å². The summed E-state index contributed by atoms with van der Waals surface area (Å²) in [5.74, 6) is 0. The molecule has 0 spiro atoms. The molecule has 0 unspecified atom stereocenters. The molecule has 1 nitrogen and oxygen atoms in total. The van der Waals surface area contributed by atoms with E-state index in [-0.39, 0.29) is 21.7 Å². The maximum Gasteiger partial charge on any atom is 0.0467 e. The molecule has 0 radical (unpaired) electrons. The number of hydrogen-bond donors (Lipinski definition) is 0. The molecule has 0 saturated carbocycles. The van der Waals surface area contributed by atoms with Crippen molar-refractivity contribution in [2.24, 2.45) is 0 Å². The van der Waals surface area contributed by atoms with Crippen molar-refractivity contribution in [2.45, 2.75) is 90.9 Å². The molecule has 0 heterocycles. The van der Waals surface area contributed by atoms with Gasteiger partial charge in [0.1, 0.15) is 0 Å². The molecule has 0 aromatic heterocycles. The van der Waals surface area contributed by atoms with E-state index in [0.29, 0.717) is 0 Å². The van der Waals surface area contributed by atoms with Crippen LogP contribution in [0.15, 0.2) is 176 Å². The quantitative estimate of drug-likeness (QED) is 0.162. The third kappa shape index (κ3) is 6.76. The first kappa shape index (κ1) is 40.6. The summed E-state index contributed by atoms with van der Waals surface area (Å²) >= 11 is 0. The average Bonchev–Trinajstić information content (AvgIpc) is 3.66. The van der Waals surface area contributed by atoms with Gasteiger partial charge in [0.15, 0.2) is 0 Å². The second-order valence-corrected chi connectivity index (χ2v) is 21.1. The highest BCUT2D eigenvalue weighted by atomic mass is 15.1. The zero-order valence-electron chi connectivity index (χ0n) is 38.7. The highest BCUT2D eigenvalue weighted by Gasteiger charge is 2.38. The van der Waals surface area contributed by atoms with Crippen LogP contribution >= 0.6 is 0 Å². The van der Waals surface area contributed by atoms with Crippen molar-refractivity contribution in [2.75, 3.05) is 4.90 Å². The molecule has 0 bridgehead atoms. The fraction of sp³-hybridized carbons (Fsp3) is 0.226. The van der Waals surface area contributed by atoms with Crippen molar-refractivity contribution in [1.29, 1.82) is 0 Å². The van der Waals surface area contributed by atoms with E-state index < -0.39 is 0 Å². The van der Waals surface area contributed by atoms with Gasteiger partial charge in [-0.3, -0.25) is 0 Å². The zero-order chi connectivity index (χ0) is 44.1. The van der Waals surface area contributed by atoms with Crippen molar-refractivity contribution in [3.8, 4) is 55.6 Å². The number of nitrogens with zero attached hydrogens (tertiary/aromatic N) is 1. The molecule has 0 aliphatic heterocycles. The summed E-state index contributed by atoms with van der Waals surface area (Å²) < 4.78 is 0. The molecule has 312 valence electrons. The molecule has 0 N–H and O–H groups in total. The van der Waals surface area contributed by atoms with Gasteiger partial charge in [0.25, 0.3) is 0 Å². The summed E-state index contributed by atoms with van der Waals surface area (Å²) in [5.41, 5.74) is 24.4. The lowest BCUT2D eigenvalue weighted by molar-refractivity contribution is 0.569. The monoisotopic (exact) mass is 817 g/mol. The van der Waals surface area contributed by atoms with Crippen LogP contribution in [-0.4, -0.2) is 0 Å².